The van der Waals surface area contributed by atoms with Gasteiger partial charge in [0.25, 0.3) is 0 Å². The number of carboxylic acids is 1. The largest absolute Gasteiger partial charge is 0.480 e. The Morgan fingerprint density at radius 2 is 2.24 bits per heavy atom. The van der Waals surface area contributed by atoms with E-state index in [-0.39, 0.29) is 18.2 Å². The number of likely N-dealkylation sites (tertiary alicyclic amines) is 1. The number of ether oxygens (including phenoxy) is 1. The fourth-order valence-electron chi connectivity index (χ4n) is 2.45. The molecule has 2 rings (SSSR count). The number of thiophene rings is 1. The second-order valence-electron chi connectivity index (χ2n) is 5.22. The third-order valence-corrected chi connectivity index (χ3v) is 4.85. The van der Waals surface area contributed by atoms with Gasteiger partial charge in [0.1, 0.15) is 6.04 Å². The van der Waals surface area contributed by atoms with Crippen molar-refractivity contribution in [2.75, 3.05) is 13.7 Å². The van der Waals surface area contributed by atoms with Crippen molar-refractivity contribution in [1.82, 2.24) is 10.2 Å². The van der Waals surface area contributed by atoms with Crippen molar-refractivity contribution in [2.24, 2.45) is 0 Å². The molecule has 0 aromatic carbocycles. The van der Waals surface area contributed by atoms with Crippen LogP contribution in [-0.2, 0) is 9.53 Å². The Morgan fingerprint density at radius 3 is 2.76 bits per heavy atom. The lowest BCUT2D eigenvalue weighted by molar-refractivity contribution is -0.141. The smallest absolute Gasteiger partial charge is 0.326 e. The van der Waals surface area contributed by atoms with Gasteiger partial charge in [0.05, 0.1) is 12.1 Å². The minimum Gasteiger partial charge on any atom is -0.480 e. The second-order valence-corrected chi connectivity index (χ2v) is 6.54. The van der Waals surface area contributed by atoms with E-state index in [0.717, 1.165) is 4.88 Å². The lowest BCUT2D eigenvalue weighted by Gasteiger charge is -2.23. The van der Waals surface area contributed by atoms with E-state index in [9.17, 15) is 14.7 Å². The molecule has 0 spiro atoms. The molecule has 116 valence electrons. The van der Waals surface area contributed by atoms with Crippen molar-refractivity contribution < 1.29 is 19.4 Å². The van der Waals surface area contributed by atoms with Crippen LogP contribution < -0.4 is 5.32 Å². The van der Waals surface area contributed by atoms with Gasteiger partial charge in [-0.15, -0.1) is 11.3 Å². The predicted molar refractivity (Wildman–Crippen MR) is 79.5 cm³/mol. The van der Waals surface area contributed by atoms with Gasteiger partial charge >= 0.3 is 12.0 Å². The van der Waals surface area contributed by atoms with Crippen molar-refractivity contribution in [3.8, 4) is 0 Å². The lowest BCUT2D eigenvalue weighted by Crippen LogP contribution is -2.46. The first-order chi connectivity index (χ1) is 9.92. The molecule has 1 aromatic rings. The molecule has 2 heterocycles. The molecule has 1 aliphatic rings. The maximum atomic E-state index is 12.3. The Bertz CT molecular complexity index is 531. The molecule has 3 atom stereocenters. The number of rotatable bonds is 4. The van der Waals surface area contributed by atoms with Crippen LogP contribution in [0.5, 0.6) is 0 Å². The summed E-state index contributed by atoms with van der Waals surface area (Å²) in [6.45, 7) is 4.20. The number of carbonyl (C=O) groups is 2. The van der Waals surface area contributed by atoms with Gasteiger partial charge in [-0.3, -0.25) is 0 Å². The topological polar surface area (TPSA) is 78.9 Å². The molecule has 0 radical (unpaired) electrons. The van der Waals surface area contributed by atoms with E-state index in [1.54, 1.807) is 11.3 Å². The summed E-state index contributed by atoms with van der Waals surface area (Å²) in [4.78, 5) is 27.1. The molecule has 6 nitrogen and oxygen atoms in total. The molecule has 0 saturated carbocycles. The zero-order chi connectivity index (χ0) is 15.6. The summed E-state index contributed by atoms with van der Waals surface area (Å²) in [5, 5.41) is 12.1. The number of hydrogen-bond acceptors (Lipinski definition) is 4. The number of aliphatic carboxylic acids is 1. The molecule has 0 aliphatic carbocycles. The molecule has 0 bridgehead atoms. The summed E-state index contributed by atoms with van der Waals surface area (Å²) in [5.41, 5.74) is 0. The number of methoxy groups -OCH3 is 1. The first-order valence-electron chi connectivity index (χ1n) is 6.81. The predicted octanol–water partition coefficient (Wildman–Crippen LogP) is 2.00. The quantitative estimate of drug-likeness (QED) is 0.891. The average Bonchev–Trinajstić information content (AvgIpc) is 3.04. The summed E-state index contributed by atoms with van der Waals surface area (Å²) in [6, 6.07) is 2.64. The van der Waals surface area contributed by atoms with E-state index in [1.165, 1.54) is 16.9 Å². The number of amides is 2. The molecular weight excluding hydrogens is 292 g/mol. The first kappa shape index (κ1) is 15.8. The van der Waals surface area contributed by atoms with Crippen LogP contribution >= 0.6 is 11.3 Å². The van der Waals surface area contributed by atoms with Crippen LogP contribution in [0, 0.1) is 6.92 Å². The van der Waals surface area contributed by atoms with E-state index >= 15 is 0 Å². The first-order valence-corrected chi connectivity index (χ1v) is 7.63. The molecular formula is C14H20N2O4S. The van der Waals surface area contributed by atoms with E-state index in [0.29, 0.717) is 13.0 Å². The van der Waals surface area contributed by atoms with Crippen LogP contribution in [0.25, 0.3) is 0 Å². The number of hydrogen-bond donors (Lipinski definition) is 2. The molecule has 2 amide bonds. The van der Waals surface area contributed by atoms with Crippen LogP contribution in [0.15, 0.2) is 12.1 Å². The van der Waals surface area contributed by atoms with Gasteiger partial charge in [-0.25, -0.2) is 9.59 Å². The summed E-state index contributed by atoms with van der Waals surface area (Å²) in [7, 11) is 1.53. The Balaban J connectivity index is 2.03. The molecule has 21 heavy (non-hydrogen) atoms. The fourth-order valence-corrected chi connectivity index (χ4v) is 3.33. The highest BCUT2D eigenvalue weighted by atomic mass is 32.1. The Kier molecular flexibility index (Phi) is 4.84. The number of urea groups is 1. The van der Waals surface area contributed by atoms with Gasteiger partial charge in [-0.1, -0.05) is 0 Å². The molecule has 3 unspecified atom stereocenters. The number of nitrogens with one attached hydrogen (secondary N) is 1. The van der Waals surface area contributed by atoms with E-state index in [1.807, 2.05) is 26.0 Å². The average molecular weight is 312 g/mol. The van der Waals surface area contributed by atoms with Crippen molar-refractivity contribution in [3.63, 3.8) is 0 Å². The zero-order valence-corrected chi connectivity index (χ0v) is 13.1. The van der Waals surface area contributed by atoms with Gasteiger partial charge in [0, 0.05) is 29.8 Å². The van der Waals surface area contributed by atoms with Gasteiger partial charge in [0.2, 0.25) is 0 Å². The summed E-state index contributed by atoms with van der Waals surface area (Å²) >= 11 is 1.62. The van der Waals surface area contributed by atoms with Crippen LogP contribution in [0.1, 0.15) is 29.1 Å². The van der Waals surface area contributed by atoms with Gasteiger partial charge in [0.15, 0.2) is 0 Å². The van der Waals surface area contributed by atoms with Crippen LogP contribution in [-0.4, -0.2) is 47.8 Å². The van der Waals surface area contributed by atoms with E-state index < -0.39 is 12.0 Å². The molecule has 7 heteroatoms. The van der Waals surface area contributed by atoms with E-state index in [4.69, 9.17) is 4.74 Å². The summed E-state index contributed by atoms with van der Waals surface area (Å²) in [6.07, 6.45) is 0.0993. The van der Waals surface area contributed by atoms with E-state index in [2.05, 4.69) is 5.32 Å². The van der Waals surface area contributed by atoms with Crippen LogP contribution in [0.2, 0.25) is 0 Å². The number of aryl methyl sites for hydroxylation is 1. The van der Waals surface area contributed by atoms with Crippen molar-refractivity contribution in [2.45, 2.75) is 38.5 Å². The van der Waals surface area contributed by atoms with Crippen molar-refractivity contribution >= 4 is 23.3 Å². The van der Waals surface area contributed by atoms with Gasteiger partial charge in [-0.2, -0.15) is 0 Å². The molecule has 1 aliphatic heterocycles. The highest BCUT2D eigenvalue weighted by Crippen LogP contribution is 2.24. The zero-order valence-electron chi connectivity index (χ0n) is 12.3. The Morgan fingerprint density at radius 1 is 1.52 bits per heavy atom. The maximum Gasteiger partial charge on any atom is 0.326 e. The normalized spacial score (nSPS) is 23.1. The number of carboxylic acid groups (broad SMARTS) is 1. The summed E-state index contributed by atoms with van der Waals surface area (Å²) in [5.74, 6) is -0.996. The van der Waals surface area contributed by atoms with Gasteiger partial charge < -0.3 is 20.1 Å². The number of nitrogens with zero attached hydrogens (tertiary/aromatic N) is 1. The highest BCUT2D eigenvalue weighted by Gasteiger charge is 2.40. The fraction of sp³-hybridized carbons (Fsp3) is 0.571. The standard InChI is InChI=1S/C14H20N2O4S/c1-8-4-5-12(21-8)9(2)15-14(19)16-7-10(20-3)6-11(16)13(17)18/h4-5,9-11H,6-7H2,1-3H3,(H,15,19)(H,17,18). The molecule has 1 aromatic heterocycles. The third-order valence-electron chi connectivity index (χ3n) is 3.67. The lowest BCUT2D eigenvalue weighted by atomic mass is 10.2. The van der Waals surface area contributed by atoms with Crippen molar-refractivity contribution in [1.29, 1.82) is 0 Å². The minimum absolute atomic E-state index is 0.146. The maximum absolute atomic E-state index is 12.3. The molecule has 2 N–H and O–H groups in total. The third kappa shape index (κ3) is 3.54. The SMILES string of the molecule is COC1CC(C(=O)O)N(C(=O)NC(C)c2ccc(C)s2)C1. The monoisotopic (exact) mass is 312 g/mol. The summed E-state index contributed by atoms with van der Waals surface area (Å²) < 4.78 is 5.18. The second kappa shape index (κ2) is 6.44. The van der Waals surface area contributed by atoms with Crippen molar-refractivity contribution in [3.05, 3.63) is 21.9 Å². The van der Waals surface area contributed by atoms with Crippen LogP contribution in [0.4, 0.5) is 4.79 Å². The van der Waals surface area contributed by atoms with Crippen LogP contribution in [0.3, 0.4) is 0 Å². The number of carbonyl (C=O) groups excluding carboxylic acids is 1. The Hall–Kier alpha value is -1.60. The minimum atomic E-state index is -0.996. The Labute approximate surface area is 127 Å². The van der Waals surface area contributed by atoms with Gasteiger partial charge in [-0.05, 0) is 26.0 Å². The molecule has 1 saturated heterocycles. The highest BCUT2D eigenvalue weighted by molar-refractivity contribution is 7.12. The molecule has 1 fully saturated rings.